The maximum Gasteiger partial charge on any atom is 0.310 e. The molecule has 0 aromatic heterocycles. The van der Waals surface area contributed by atoms with E-state index in [2.05, 4.69) is 69.3 Å². The van der Waals surface area contributed by atoms with Crippen molar-refractivity contribution in [3.8, 4) is 0 Å². The molecule has 3 unspecified atom stereocenters. The average molecular weight is 401 g/mol. The quantitative estimate of drug-likeness (QED) is 0.511. The van der Waals surface area contributed by atoms with Crippen molar-refractivity contribution in [3.63, 3.8) is 0 Å². The first-order valence-corrected chi connectivity index (χ1v) is 11.5. The van der Waals surface area contributed by atoms with E-state index in [1.54, 1.807) is 0 Å². The van der Waals surface area contributed by atoms with Gasteiger partial charge in [0.2, 0.25) is 0 Å². The van der Waals surface area contributed by atoms with Crippen LogP contribution in [-0.4, -0.2) is 22.1 Å². The molecule has 2 aromatic carbocycles. The van der Waals surface area contributed by atoms with Gasteiger partial charge in [-0.2, -0.15) is 11.8 Å². The molecule has 3 rings (SSSR count). The zero-order valence-electron chi connectivity index (χ0n) is 16.3. The smallest absolute Gasteiger partial charge is 0.310 e. The first-order chi connectivity index (χ1) is 13.0. The summed E-state index contributed by atoms with van der Waals surface area (Å²) in [6.45, 7) is 6.55. The fourth-order valence-corrected chi connectivity index (χ4v) is 5.43. The van der Waals surface area contributed by atoms with Crippen LogP contribution in [0.4, 0.5) is 0 Å². The first-order valence-electron chi connectivity index (χ1n) is 9.49. The summed E-state index contributed by atoms with van der Waals surface area (Å²) >= 11 is 3.72. The number of rotatable bonds is 8. The maximum atomic E-state index is 12.5. The molecule has 144 valence electrons. The van der Waals surface area contributed by atoms with Gasteiger partial charge in [-0.1, -0.05) is 67.6 Å². The third-order valence-corrected chi connectivity index (χ3v) is 8.02. The van der Waals surface area contributed by atoms with E-state index in [9.17, 15) is 4.79 Å². The average Bonchev–Trinajstić information content (AvgIpc) is 3.09. The van der Waals surface area contributed by atoms with E-state index in [1.807, 2.05) is 35.7 Å². The van der Waals surface area contributed by atoms with Crippen LogP contribution in [0.2, 0.25) is 0 Å². The molecule has 1 aliphatic heterocycles. The van der Waals surface area contributed by atoms with E-state index in [4.69, 9.17) is 4.74 Å². The second kappa shape index (κ2) is 9.20. The first kappa shape index (κ1) is 20.3. The second-order valence-corrected chi connectivity index (χ2v) is 10.6. The number of ether oxygens (including phenoxy) is 1. The van der Waals surface area contributed by atoms with Gasteiger partial charge in [0, 0.05) is 27.9 Å². The van der Waals surface area contributed by atoms with Gasteiger partial charge in [0.05, 0.1) is 5.92 Å². The number of benzene rings is 2. The van der Waals surface area contributed by atoms with Crippen LogP contribution in [0, 0.1) is 5.92 Å². The standard InChI is InChI=1S/C23H28O2S2/c1-17(26-15-18-10-6-4-7-11-18)20-14-21(25-22(20)24)23(2,3)27-16-19-12-8-5-9-13-19/h4-13,17,20-21H,14-16H2,1-3H3. The number of carbonyl (C=O) groups is 1. The minimum absolute atomic E-state index is 0.0136. The van der Waals surface area contributed by atoms with Crippen LogP contribution in [-0.2, 0) is 21.0 Å². The van der Waals surface area contributed by atoms with Crippen LogP contribution in [0.5, 0.6) is 0 Å². The highest BCUT2D eigenvalue weighted by Gasteiger charge is 2.45. The van der Waals surface area contributed by atoms with Gasteiger partial charge in [-0.3, -0.25) is 4.79 Å². The second-order valence-electron chi connectivity index (χ2n) is 7.65. The molecule has 2 aromatic rings. The van der Waals surface area contributed by atoms with Crippen molar-refractivity contribution in [1.82, 2.24) is 0 Å². The highest BCUT2D eigenvalue weighted by molar-refractivity contribution is 8.00. The van der Waals surface area contributed by atoms with Gasteiger partial charge in [0.15, 0.2) is 0 Å². The molecule has 0 spiro atoms. The zero-order valence-corrected chi connectivity index (χ0v) is 17.9. The van der Waals surface area contributed by atoms with E-state index in [-0.39, 0.29) is 28.0 Å². The van der Waals surface area contributed by atoms with Crippen LogP contribution in [0.15, 0.2) is 60.7 Å². The summed E-state index contributed by atoms with van der Waals surface area (Å²) in [4.78, 5) is 12.5. The van der Waals surface area contributed by atoms with Gasteiger partial charge in [-0.05, 0) is 25.0 Å². The maximum absolute atomic E-state index is 12.5. The predicted octanol–water partition coefficient (Wildman–Crippen LogP) is 5.95. The molecule has 0 saturated carbocycles. The molecule has 0 aliphatic carbocycles. The summed E-state index contributed by atoms with van der Waals surface area (Å²) < 4.78 is 5.73. The Morgan fingerprint density at radius 2 is 1.56 bits per heavy atom. The topological polar surface area (TPSA) is 26.3 Å². The molecule has 4 heteroatoms. The lowest BCUT2D eigenvalue weighted by atomic mass is 9.95. The monoisotopic (exact) mass is 400 g/mol. The summed E-state index contributed by atoms with van der Waals surface area (Å²) in [5.74, 6) is 1.83. The van der Waals surface area contributed by atoms with Crippen molar-refractivity contribution in [1.29, 1.82) is 0 Å². The largest absolute Gasteiger partial charge is 0.461 e. The highest BCUT2D eigenvalue weighted by Crippen LogP contribution is 2.42. The van der Waals surface area contributed by atoms with Crippen molar-refractivity contribution in [2.45, 2.75) is 54.8 Å². The number of hydrogen-bond acceptors (Lipinski definition) is 4. The minimum atomic E-state index is -0.0932. The lowest BCUT2D eigenvalue weighted by Gasteiger charge is -2.29. The minimum Gasteiger partial charge on any atom is -0.461 e. The van der Waals surface area contributed by atoms with Crippen molar-refractivity contribution in [2.75, 3.05) is 0 Å². The third kappa shape index (κ3) is 5.55. The van der Waals surface area contributed by atoms with E-state index in [1.165, 1.54) is 11.1 Å². The number of hydrogen-bond donors (Lipinski definition) is 0. The Balaban J connectivity index is 1.53. The molecule has 1 fully saturated rings. The van der Waals surface area contributed by atoms with E-state index >= 15 is 0 Å². The molecule has 0 amide bonds. The van der Waals surface area contributed by atoms with Gasteiger partial charge in [-0.15, -0.1) is 11.8 Å². The molecule has 0 bridgehead atoms. The lowest BCUT2D eigenvalue weighted by Crippen LogP contribution is -2.33. The van der Waals surface area contributed by atoms with Crippen molar-refractivity contribution in [2.24, 2.45) is 5.92 Å². The number of cyclic esters (lactones) is 1. The molecule has 3 atom stereocenters. The molecule has 1 heterocycles. The Morgan fingerprint density at radius 1 is 1.00 bits per heavy atom. The van der Waals surface area contributed by atoms with Gasteiger partial charge >= 0.3 is 5.97 Å². The Bertz CT molecular complexity index is 731. The van der Waals surface area contributed by atoms with E-state index in [0.29, 0.717) is 0 Å². The summed E-state index contributed by atoms with van der Waals surface area (Å²) in [7, 11) is 0. The normalized spacial score (nSPS) is 21.1. The fourth-order valence-electron chi connectivity index (χ4n) is 3.27. The molecule has 1 aliphatic rings. The van der Waals surface area contributed by atoms with Crippen LogP contribution in [0.1, 0.15) is 38.3 Å². The van der Waals surface area contributed by atoms with Crippen LogP contribution in [0.3, 0.4) is 0 Å². The van der Waals surface area contributed by atoms with E-state index < -0.39 is 0 Å². The molecule has 0 N–H and O–H groups in total. The summed E-state index contributed by atoms with van der Waals surface area (Å²) in [6.07, 6.45) is 0.792. The summed E-state index contributed by atoms with van der Waals surface area (Å²) in [5.41, 5.74) is 2.61. The number of esters is 1. The summed E-state index contributed by atoms with van der Waals surface area (Å²) in [5, 5.41) is 0.262. The molecule has 2 nitrogen and oxygen atoms in total. The Hall–Kier alpha value is -1.39. The SMILES string of the molecule is CC(SCc1ccccc1)C1CC(C(C)(C)SCc2ccccc2)OC1=O. The van der Waals surface area contributed by atoms with Gasteiger partial charge < -0.3 is 4.74 Å². The highest BCUT2D eigenvalue weighted by atomic mass is 32.2. The number of thioether (sulfide) groups is 2. The molecule has 1 saturated heterocycles. The lowest BCUT2D eigenvalue weighted by molar-refractivity contribution is -0.144. The molecule has 0 radical (unpaired) electrons. The predicted molar refractivity (Wildman–Crippen MR) is 117 cm³/mol. The number of carbonyl (C=O) groups excluding carboxylic acids is 1. The van der Waals surface area contributed by atoms with Gasteiger partial charge in [0.25, 0.3) is 0 Å². The van der Waals surface area contributed by atoms with Crippen molar-refractivity contribution in [3.05, 3.63) is 71.8 Å². The molecular weight excluding hydrogens is 372 g/mol. The summed E-state index contributed by atoms with van der Waals surface area (Å²) in [6, 6.07) is 20.9. The zero-order chi connectivity index (χ0) is 19.3. The molecular formula is C23H28O2S2. The third-order valence-electron chi connectivity index (χ3n) is 5.18. The molecule has 27 heavy (non-hydrogen) atoms. The van der Waals surface area contributed by atoms with Gasteiger partial charge in [0.1, 0.15) is 6.10 Å². The van der Waals surface area contributed by atoms with E-state index in [0.717, 1.165) is 17.9 Å². The Labute approximate surface area is 171 Å². The van der Waals surface area contributed by atoms with Crippen LogP contribution >= 0.6 is 23.5 Å². The van der Waals surface area contributed by atoms with Crippen LogP contribution < -0.4 is 0 Å². The van der Waals surface area contributed by atoms with Crippen molar-refractivity contribution >= 4 is 29.5 Å². The Kier molecular flexibility index (Phi) is 6.93. The Morgan fingerprint density at radius 3 is 2.15 bits per heavy atom. The van der Waals surface area contributed by atoms with Gasteiger partial charge in [-0.25, -0.2) is 0 Å². The van der Waals surface area contributed by atoms with Crippen molar-refractivity contribution < 1.29 is 9.53 Å². The van der Waals surface area contributed by atoms with Crippen LogP contribution in [0.25, 0.3) is 0 Å². The fraction of sp³-hybridized carbons (Fsp3) is 0.435.